The van der Waals surface area contributed by atoms with Gasteiger partial charge in [0.05, 0.1) is 32.5 Å². The summed E-state index contributed by atoms with van der Waals surface area (Å²) in [5, 5.41) is 4.91. The topological polar surface area (TPSA) is 100 Å². The zero-order chi connectivity index (χ0) is 21.0. The normalized spacial score (nSPS) is 11.3. The Morgan fingerprint density at radius 1 is 1.24 bits per heavy atom. The molecule has 4 N–H and O–H groups in total. The summed E-state index contributed by atoms with van der Waals surface area (Å²) in [5.74, 6) is -0.137. The molecule has 0 saturated heterocycles. The molecule has 154 valence electrons. The average Bonchev–Trinajstić information content (AvgIpc) is 3.17. The maximum Gasteiger partial charge on any atom is 0.263 e. The van der Waals surface area contributed by atoms with E-state index in [-0.39, 0.29) is 21.6 Å². The van der Waals surface area contributed by atoms with Crippen LogP contribution in [0.1, 0.15) is 0 Å². The number of anilines is 4. The van der Waals surface area contributed by atoms with E-state index in [1.165, 1.54) is 41.1 Å². The molecule has 11 heteroatoms. The highest BCUT2D eigenvalue weighted by Crippen LogP contribution is 2.33. The highest BCUT2D eigenvalue weighted by Gasteiger charge is 2.17. The number of hydrogen-bond acceptors (Lipinski definition) is 7. The lowest BCUT2D eigenvalue weighted by molar-refractivity contribution is 0.601. The maximum atomic E-state index is 13.7. The van der Waals surface area contributed by atoms with Crippen LogP contribution < -0.4 is 20.7 Å². The van der Waals surface area contributed by atoms with Gasteiger partial charge in [-0.3, -0.25) is 4.72 Å². The van der Waals surface area contributed by atoms with E-state index in [2.05, 4.69) is 15.0 Å². The Balaban J connectivity index is 1.87. The first-order valence-electron chi connectivity index (χ1n) is 8.48. The van der Waals surface area contributed by atoms with Gasteiger partial charge in [0.15, 0.2) is 5.82 Å². The van der Waals surface area contributed by atoms with Crippen LogP contribution in [0.2, 0.25) is 5.02 Å². The number of hydrogen-bond donors (Lipinski definition) is 3. The number of benzene rings is 2. The molecule has 0 aliphatic heterocycles. The molecule has 0 amide bonds. The van der Waals surface area contributed by atoms with E-state index in [4.69, 9.17) is 17.3 Å². The number of nitrogens with two attached hydrogens (primary N) is 1. The molecule has 0 aliphatic carbocycles. The van der Waals surface area contributed by atoms with Crippen LogP contribution in [0.3, 0.4) is 0 Å². The van der Waals surface area contributed by atoms with Crippen molar-refractivity contribution in [3.8, 4) is 0 Å². The van der Waals surface area contributed by atoms with Gasteiger partial charge in [-0.25, -0.2) is 17.8 Å². The van der Waals surface area contributed by atoms with E-state index < -0.39 is 10.0 Å². The average molecular weight is 456 g/mol. The van der Waals surface area contributed by atoms with E-state index >= 15 is 0 Å². The molecule has 0 fully saturated rings. The monoisotopic (exact) mass is 455 g/mol. The van der Waals surface area contributed by atoms with Crippen molar-refractivity contribution in [3.63, 3.8) is 0 Å². The van der Waals surface area contributed by atoms with Crippen LogP contribution >= 0.6 is 22.9 Å². The second kappa shape index (κ2) is 8.95. The Bertz CT molecular complexity index is 1090. The predicted molar refractivity (Wildman–Crippen MR) is 116 cm³/mol. The van der Waals surface area contributed by atoms with Gasteiger partial charge >= 0.3 is 0 Å². The predicted octanol–water partition coefficient (Wildman–Crippen LogP) is 3.87. The van der Waals surface area contributed by atoms with Gasteiger partial charge in [0, 0.05) is 25.5 Å². The van der Waals surface area contributed by atoms with Crippen LogP contribution in [-0.4, -0.2) is 33.5 Å². The summed E-state index contributed by atoms with van der Waals surface area (Å²) in [6.07, 6.45) is 0. The first-order valence-corrected chi connectivity index (χ1v) is 11.3. The van der Waals surface area contributed by atoms with E-state index in [0.717, 1.165) is 0 Å². The molecule has 0 spiro atoms. The molecule has 0 atom stereocenters. The third-order valence-electron chi connectivity index (χ3n) is 4.03. The second-order valence-electron chi connectivity index (χ2n) is 6.12. The Morgan fingerprint density at radius 2 is 2.00 bits per heavy atom. The minimum Gasteiger partial charge on any atom is -0.372 e. The number of sulfonamides is 1. The summed E-state index contributed by atoms with van der Waals surface area (Å²) in [5.41, 5.74) is 8.82. The van der Waals surface area contributed by atoms with Gasteiger partial charge in [-0.1, -0.05) is 11.6 Å². The smallest absolute Gasteiger partial charge is 0.263 e. The van der Waals surface area contributed by atoms with Gasteiger partial charge in [-0.2, -0.15) is 0 Å². The molecule has 0 radical (unpaired) electrons. The van der Waals surface area contributed by atoms with Gasteiger partial charge < -0.3 is 16.0 Å². The fourth-order valence-electron chi connectivity index (χ4n) is 2.61. The van der Waals surface area contributed by atoms with Crippen molar-refractivity contribution in [2.24, 2.45) is 5.73 Å². The maximum absolute atomic E-state index is 13.7. The van der Waals surface area contributed by atoms with Gasteiger partial charge in [0.1, 0.15) is 5.82 Å². The largest absolute Gasteiger partial charge is 0.372 e. The molecule has 0 saturated carbocycles. The van der Waals surface area contributed by atoms with E-state index in [1.807, 2.05) is 4.90 Å². The van der Waals surface area contributed by atoms with Gasteiger partial charge in [0.25, 0.3) is 10.0 Å². The molecule has 1 heterocycles. The second-order valence-corrected chi connectivity index (χ2v) is 8.93. The SMILES string of the molecule is CN(CCN)c1cc(F)ccc1Nc1ccc(S(=O)(=O)Nc2cscn2)cc1Cl. The fourth-order valence-corrected chi connectivity index (χ4v) is 4.49. The Labute approximate surface area is 177 Å². The summed E-state index contributed by atoms with van der Waals surface area (Å²) in [7, 11) is -2.02. The number of aromatic nitrogens is 1. The van der Waals surface area contributed by atoms with Gasteiger partial charge in [0.2, 0.25) is 0 Å². The third kappa shape index (κ3) is 5.15. The van der Waals surface area contributed by atoms with Crippen molar-refractivity contribution < 1.29 is 12.8 Å². The standard InChI is InChI=1S/C18H19ClFN5O2S2/c1-25(7-6-21)17-8-12(20)2-4-16(17)23-15-5-3-13(9-14(15)19)29(26,27)24-18-10-28-11-22-18/h2-5,8-11,23-24H,6-7,21H2,1H3. The molecule has 7 nitrogen and oxygen atoms in total. The van der Waals surface area contributed by atoms with Crippen molar-refractivity contribution >= 4 is 55.8 Å². The number of nitrogens with zero attached hydrogens (tertiary/aromatic N) is 2. The first-order chi connectivity index (χ1) is 13.8. The summed E-state index contributed by atoms with van der Waals surface area (Å²) in [6.45, 7) is 0.942. The fraction of sp³-hybridized carbons (Fsp3) is 0.167. The highest BCUT2D eigenvalue weighted by atomic mass is 35.5. The van der Waals surface area contributed by atoms with Crippen molar-refractivity contribution in [2.45, 2.75) is 4.90 Å². The lowest BCUT2D eigenvalue weighted by Crippen LogP contribution is -2.25. The minimum absolute atomic E-state index is 0.000583. The number of nitrogens with one attached hydrogen (secondary N) is 2. The Morgan fingerprint density at radius 3 is 2.66 bits per heavy atom. The summed E-state index contributed by atoms with van der Waals surface area (Å²) >= 11 is 7.59. The molecule has 0 unspecified atom stereocenters. The third-order valence-corrected chi connectivity index (χ3v) is 6.28. The van der Waals surface area contributed by atoms with E-state index in [1.54, 1.807) is 24.6 Å². The molecule has 1 aromatic heterocycles. The van der Waals surface area contributed by atoms with Crippen LogP contribution in [0.25, 0.3) is 0 Å². The molecule has 2 aromatic carbocycles. The first kappa shape index (κ1) is 21.3. The highest BCUT2D eigenvalue weighted by molar-refractivity contribution is 7.92. The zero-order valence-electron chi connectivity index (χ0n) is 15.4. The number of likely N-dealkylation sites (N-methyl/N-ethyl adjacent to an activating group) is 1. The van der Waals surface area contributed by atoms with Crippen LogP contribution in [0.15, 0.2) is 52.2 Å². The van der Waals surface area contributed by atoms with Crippen molar-refractivity contribution in [1.29, 1.82) is 0 Å². The molecule has 3 rings (SSSR count). The minimum atomic E-state index is -3.82. The lowest BCUT2D eigenvalue weighted by Gasteiger charge is -2.23. The lowest BCUT2D eigenvalue weighted by atomic mass is 10.2. The molecular formula is C18H19ClFN5O2S2. The Kier molecular flexibility index (Phi) is 6.58. The molecule has 0 bridgehead atoms. The van der Waals surface area contributed by atoms with E-state index in [9.17, 15) is 12.8 Å². The number of rotatable bonds is 8. The quantitative estimate of drug-likeness (QED) is 0.476. The van der Waals surface area contributed by atoms with Crippen molar-refractivity contribution in [3.05, 3.63) is 58.1 Å². The molecule has 29 heavy (non-hydrogen) atoms. The van der Waals surface area contributed by atoms with Crippen LogP contribution in [0, 0.1) is 5.82 Å². The number of thiazole rings is 1. The van der Waals surface area contributed by atoms with Crippen molar-refractivity contribution in [1.82, 2.24) is 4.98 Å². The van der Waals surface area contributed by atoms with Crippen LogP contribution in [0.4, 0.5) is 27.3 Å². The molecule has 0 aliphatic rings. The summed E-state index contributed by atoms with van der Waals surface area (Å²) < 4.78 is 41.1. The van der Waals surface area contributed by atoms with Gasteiger partial charge in [-0.05, 0) is 36.4 Å². The van der Waals surface area contributed by atoms with Crippen LogP contribution in [0.5, 0.6) is 0 Å². The molecular weight excluding hydrogens is 437 g/mol. The van der Waals surface area contributed by atoms with Crippen molar-refractivity contribution in [2.75, 3.05) is 35.1 Å². The number of halogens is 2. The van der Waals surface area contributed by atoms with Crippen LogP contribution in [-0.2, 0) is 10.0 Å². The van der Waals surface area contributed by atoms with Gasteiger partial charge in [-0.15, -0.1) is 11.3 Å². The Hall–Kier alpha value is -2.40. The zero-order valence-corrected chi connectivity index (χ0v) is 17.8. The molecule has 3 aromatic rings. The summed E-state index contributed by atoms with van der Waals surface area (Å²) in [6, 6.07) is 8.62. The van der Waals surface area contributed by atoms with E-state index in [0.29, 0.717) is 30.2 Å². The summed E-state index contributed by atoms with van der Waals surface area (Å²) in [4.78, 5) is 5.73.